The van der Waals surface area contributed by atoms with Crippen LogP contribution in [0.5, 0.6) is 11.6 Å². The summed E-state index contributed by atoms with van der Waals surface area (Å²) in [6, 6.07) is 5.78. The van der Waals surface area contributed by atoms with Crippen molar-refractivity contribution in [3.8, 4) is 22.8 Å². The average molecular weight is 350 g/mol. The van der Waals surface area contributed by atoms with Gasteiger partial charge in [0.05, 0.1) is 20.8 Å². The first-order chi connectivity index (χ1) is 12.5. The number of methoxy groups -OCH3 is 2. The van der Waals surface area contributed by atoms with Gasteiger partial charge in [-0.05, 0) is 42.7 Å². The van der Waals surface area contributed by atoms with Gasteiger partial charge in [0.2, 0.25) is 5.88 Å². The van der Waals surface area contributed by atoms with Crippen molar-refractivity contribution < 1.29 is 14.3 Å². The third kappa shape index (κ3) is 2.86. The van der Waals surface area contributed by atoms with Gasteiger partial charge in [-0.15, -0.1) is 0 Å². The summed E-state index contributed by atoms with van der Waals surface area (Å²) in [5.74, 6) is 1.18. The molecule has 0 saturated carbocycles. The van der Waals surface area contributed by atoms with Crippen LogP contribution in [0.3, 0.4) is 0 Å². The minimum atomic E-state index is 0.0110. The van der Waals surface area contributed by atoms with Gasteiger partial charge in [0.15, 0.2) is 0 Å². The molecule has 0 fully saturated rings. The molecule has 1 aliphatic heterocycles. The van der Waals surface area contributed by atoms with Gasteiger partial charge in [0, 0.05) is 29.1 Å². The SMILES string of the molecule is C=C/C(=C\C)N1Cc2cc(-c3cnc(OC)cc3OC)cc(C)c2C1=O. The van der Waals surface area contributed by atoms with E-state index >= 15 is 0 Å². The molecule has 2 aromatic rings. The van der Waals surface area contributed by atoms with Gasteiger partial charge >= 0.3 is 0 Å². The Morgan fingerprint density at radius 2 is 2.04 bits per heavy atom. The fourth-order valence-corrected chi connectivity index (χ4v) is 3.33. The summed E-state index contributed by atoms with van der Waals surface area (Å²) >= 11 is 0. The molecular weight excluding hydrogens is 328 g/mol. The highest BCUT2D eigenvalue weighted by Crippen LogP contribution is 2.37. The number of fused-ring (bicyclic) bond motifs is 1. The standard InChI is InChI=1S/C21H22N2O3/c1-6-16(7-2)23-12-15-9-14(8-13(3)20(15)21(23)24)17-11-22-19(26-5)10-18(17)25-4/h6-11H,1,12H2,2-5H3/b16-7+. The molecule has 0 bridgehead atoms. The lowest BCUT2D eigenvalue weighted by molar-refractivity contribution is 0.0830. The van der Waals surface area contributed by atoms with E-state index in [0.29, 0.717) is 18.2 Å². The molecule has 3 rings (SSSR count). The third-order valence-corrected chi connectivity index (χ3v) is 4.60. The van der Waals surface area contributed by atoms with Crippen LogP contribution in [-0.4, -0.2) is 30.0 Å². The minimum Gasteiger partial charge on any atom is -0.496 e. The first-order valence-corrected chi connectivity index (χ1v) is 8.36. The second kappa shape index (κ2) is 7.04. The highest BCUT2D eigenvalue weighted by atomic mass is 16.5. The number of amides is 1. The number of carbonyl (C=O) groups is 1. The maximum absolute atomic E-state index is 12.8. The van der Waals surface area contributed by atoms with Crippen molar-refractivity contribution in [3.63, 3.8) is 0 Å². The number of aryl methyl sites for hydroxylation is 1. The van der Waals surface area contributed by atoms with Gasteiger partial charge in [-0.1, -0.05) is 18.7 Å². The first-order valence-electron chi connectivity index (χ1n) is 8.36. The molecule has 0 spiro atoms. The second-order valence-corrected chi connectivity index (χ2v) is 6.06. The van der Waals surface area contributed by atoms with E-state index in [9.17, 15) is 4.79 Å². The monoisotopic (exact) mass is 350 g/mol. The van der Waals surface area contributed by atoms with E-state index in [0.717, 1.165) is 33.5 Å². The number of benzene rings is 1. The van der Waals surface area contributed by atoms with E-state index in [-0.39, 0.29) is 5.91 Å². The van der Waals surface area contributed by atoms with Crippen molar-refractivity contribution in [2.24, 2.45) is 0 Å². The number of hydrogen-bond donors (Lipinski definition) is 0. The molecule has 134 valence electrons. The zero-order valence-electron chi connectivity index (χ0n) is 15.5. The fourth-order valence-electron chi connectivity index (χ4n) is 3.33. The van der Waals surface area contributed by atoms with Gasteiger partial charge in [0.1, 0.15) is 5.75 Å². The first kappa shape index (κ1) is 17.7. The molecule has 26 heavy (non-hydrogen) atoms. The van der Waals surface area contributed by atoms with Crippen LogP contribution in [0.4, 0.5) is 0 Å². The fraction of sp³-hybridized carbons (Fsp3) is 0.238. The van der Waals surface area contributed by atoms with Crippen molar-refractivity contribution >= 4 is 5.91 Å². The quantitative estimate of drug-likeness (QED) is 0.761. The predicted molar refractivity (Wildman–Crippen MR) is 101 cm³/mol. The van der Waals surface area contributed by atoms with Gasteiger partial charge in [-0.2, -0.15) is 0 Å². The number of rotatable bonds is 5. The summed E-state index contributed by atoms with van der Waals surface area (Å²) < 4.78 is 10.7. The summed E-state index contributed by atoms with van der Waals surface area (Å²) in [5.41, 5.74) is 5.32. The smallest absolute Gasteiger partial charge is 0.259 e. The van der Waals surface area contributed by atoms with Crippen LogP contribution in [0.1, 0.15) is 28.4 Å². The van der Waals surface area contributed by atoms with Crippen molar-refractivity contribution in [2.75, 3.05) is 14.2 Å². The summed E-state index contributed by atoms with van der Waals surface area (Å²) in [5, 5.41) is 0. The lowest BCUT2D eigenvalue weighted by Gasteiger charge is -2.16. The van der Waals surface area contributed by atoms with Crippen LogP contribution in [0, 0.1) is 6.92 Å². The Bertz CT molecular complexity index is 916. The highest BCUT2D eigenvalue weighted by molar-refractivity contribution is 6.01. The Balaban J connectivity index is 2.09. The van der Waals surface area contributed by atoms with E-state index in [1.54, 1.807) is 37.5 Å². The van der Waals surface area contributed by atoms with E-state index < -0.39 is 0 Å². The van der Waals surface area contributed by atoms with Crippen LogP contribution >= 0.6 is 0 Å². The molecule has 1 aromatic heterocycles. The molecule has 5 nitrogen and oxygen atoms in total. The largest absolute Gasteiger partial charge is 0.496 e. The van der Waals surface area contributed by atoms with Crippen molar-refractivity contribution in [1.29, 1.82) is 0 Å². The summed E-state index contributed by atoms with van der Waals surface area (Å²) in [6.07, 6.45) is 5.33. The van der Waals surface area contributed by atoms with Gasteiger partial charge < -0.3 is 14.4 Å². The lowest BCUT2D eigenvalue weighted by atomic mass is 9.96. The van der Waals surface area contributed by atoms with Crippen LogP contribution < -0.4 is 9.47 Å². The number of allylic oxidation sites excluding steroid dienone is 2. The molecule has 0 radical (unpaired) electrons. The molecule has 2 heterocycles. The number of ether oxygens (including phenoxy) is 2. The summed E-state index contributed by atoms with van der Waals surface area (Å²) in [6.45, 7) is 8.19. The number of carbonyl (C=O) groups excluding carboxylic acids is 1. The van der Waals surface area contributed by atoms with E-state index in [2.05, 4.69) is 11.6 Å². The maximum atomic E-state index is 12.8. The molecule has 1 amide bonds. The molecule has 0 unspecified atom stereocenters. The Morgan fingerprint density at radius 1 is 1.27 bits per heavy atom. The Hall–Kier alpha value is -3.08. The summed E-state index contributed by atoms with van der Waals surface area (Å²) in [4.78, 5) is 18.9. The number of hydrogen-bond acceptors (Lipinski definition) is 4. The van der Waals surface area contributed by atoms with Crippen LogP contribution in [0.2, 0.25) is 0 Å². The average Bonchev–Trinajstić information content (AvgIpc) is 2.99. The van der Waals surface area contributed by atoms with Gasteiger partial charge in [-0.25, -0.2) is 4.98 Å². The third-order valence-electron chi connectivity index (χ3n) is 4.60. The Labute approximate surface area is 153 Å². The minimum absolute atomic E-state index is 0.0110. The number of pyridine rings is 1. The summed E-state index contributed by atoms with van der Waals surface area (Å²) in [7, 11) is 3.19. The molecule has 1 aromatic carbocycles. The van der Waals surface area contributed by atoms with E-state index in [4.69, 9.17) is 9.47 Å². The Kier molecular flexibility index (Phi) is 4.80. The predicted octanol–water partition coefficient (Wildman–Crippen LogP) is 4.12. The van der Waals surface area contributed by atoms with Gasteiger partial charge in [-0.3, -0.25) is 4.79 Å². The molecule has 0 N–H and O–H groups in total. The van der Waals surface area contributed by atoms with Crippen molar-refractivity contribution in [2.45, 2.75) is 20.4 Å². The zero-order chi connectivity index (χ0) is 18.8. The Morgan fingerprint density at radius 3 is 2.65 bits per heavy atom. The van der Waals surface area contributed by atoms with Crippen molar-refractivity contribution in [3.05, 3.63) is 65.5 Å². The highest BCUT2D eigenvalue weighted by Gasteiger charge is 2.31. The molecule has 1 aliphatic rings. The maximum Gasteiger partial charge on any atom is 0.259 e. The van der Waals surface area contributed by atoms with E-state index in [1.807, 2.05) is 32.1 Å². The van der Waals surface area contributed by atoms with Crippen LogP contribution in [-0.2, 0) is 6.54 Å². The van der Waals surface area contributed by atoms with Crippen LogP contribution in [0.25, 0.3) is 11.1 Å². The molecule has 0 atom stereocenters. The molecular formula is C21H22N2O3. The number of nitrogens with zero attached hydrogens (tertiary/aromatic N) is 2. The molecule has 5 heteroatoms. The molecule has 0 aliphatic carbocycles. The van der Waals surface area contributed by atoms with Gasteiger partial charge in [0.25, 0.3) is 5.91 Å². The topological polar surface area (TPSA) is 51.7 Å². The van der Waals surface area contributed by atoms with Crippen molar-refractivity contribution in [1.82, 2.24) is 9.88 Å². The number of aromatic nitrogens is 1. The lowest BCUT2D eigenvalue weighted by Crippen LogP contribution is -2.22. The van der Waals surface area contributed by atoms with E-state index in [1.165, 1.54) is 0 Å². The molecule has 0 saturated heterocycles. The second-order valence-electron chi connectivity index (χ2n) is 6.06. The van der Waals surface area contributed by atoms with Crippen LogP contribution in [0.15, 0.2) is 48.8 Å². The normalized spacial score (nSPS) is 13.6. The zero-order valence-corrected chi connectivity index (χ0v) is 15.5.